The molecule has 0 unspecified atom stereocenters. The van der Waals surface area contributed by atoms with Gasteiger partial charge in [-0.25, -0.2) is 4.98 Å². The molecule has 3 heterocycles. The Morgan fingerprint density at radius 3 is 2.81 bits per heavy atom. The molecule has 7 heteroatoms. The highest BCUT2D eigenvalue weighted by Gasteiger charge is 2.43. The van der Waals surface area contributed by atoms with Crippen LogP contribution in [0, 0.1) is 0 Å². The third-order valence-electron chi connectivity index (χ3n) is 3.79. The third kappa shape index (κ3) is 2.02. The van der Waals surface area contributed by atoms with Crippen molar-refractivity contribution in [3.05, 3.63) is 30.6 Å². The maximum atomic E-state index is 10.1. The first-order valence-corrected chi connectivity index (χ1v) is 6.58. The molecule has 1 aliphatic rings. The highest BCUT2D eigenvalue weighted by atomic mass is 16.6. The second-order valence-electron chi connectivity index (χ2n) is 5.02. The van der Waals surface area contributed by atoms with Crippen LogP contribution in [0.25, 0.3) is 17.1 Å². The zero-order valence-electron chi connectivity index (χ0n) is 11.3. The second-order valence-corrected chi connectivity index (χ2v) is 5.02. The molecule has 21 heavy (non-hydrogen) atoms. The summed E-state index contributed by atoms with van der Waals surface area (Å²) < 4.78 is 7.13. The molecule has 1 fully saturated rings. The first-order valence-electron chi connectivity index (χ1n) is 6.58. The Labute approximate surface area is 120 Å². The minimum atomic E-state index is -1.17. The van der Waals surface area contributed by atoms with Crippen LogP contribution in [0.3, 0.4) is 0 Å². The van der Waals surface area contributed by atoms with Crippen molar-refractivity contribution < 1.29 is 20.1 Å². The summed E-state index contributed by atoms with van der Waals surface area (Å²) in [5, 5.41) is 29.9. The molecule has 0 bridgehead atoms. The molecule has 0 spiro atoms. The molecule has 0 amide bonds. The summed E-state index contributed by atoms with van der Waals surface area (Å²) >= 11 is 0. The average Bonchev–Trinajstić information content (AvgIpc) is 2.99. The van der Waals surface area contributed by atoms with Gasteiger partial charge in [-0.05, 0) is 6.07 Å². The Balaban J connectivity index is 2.14. The van der Waals surface area contributed by atoms with Gasteiger partial charge in [-0.3, -0.25) is 0 Å². The molecule has 2 aromatic heterocycles. The van der Waals surface area contributed by atoms with Crippen molar-refractivity contribution in [3.8, 4) is 0 Å². The Bertz CT molecular complexity index is 684. The quantitative estimate of drug-likeness (QED) is 0.626. The van der Waals surface area contributed by atoms with Crippen LogP contribution in [0.15, 0.2) is 25.0 Å². The summed E-state index contributed by atoms with van der Waals surface area (Å²) in [6, 6.07) is 1.68. The van der Waals surface area contributed by atoms with Gasteiger partial charge in [0.15, 0.2) is 6.23 Å². The summed E-state index contributed by atoms with van der Waals surface area (Å²) in [6.45, 7) is 3.36. The molecule has 1 saturated heterocycles. The number of aromatic nitrogens is 2. The zero-order valence-corrected chi connectivity index (χ0v) is 11.3. The van der Waals surface area contributed by atoms with Crippen molar-refractivity contribution in [1.29, 1.82) is 0 Å². The van der Waals surface area contributed by atoms with E-state index < -0.39 is 24.5 Å². The standard InChI is InChI=1S/C14H17N3O4/c1-2-7-5-17(13-10(7)8(15)3-4-16-13)14-12(20)11(19)9(6-18)21-14/h2-5,9,11-12,14,18-20H,1,6H2,(H2,15,16)/t9-,11-,12-,14-/m1/s1. The number of nitrogens with zero attached hydrogens (tertiary/aromatic N) is 2. The van der Waals surface area contributed by atoms with Crippen molar-refractivity contribution in [3.63, 3.8) is 0 Å². The molecular weight excluding hydrogens is 274 g/mol. The lowest BCUT2D eigenvalue weighted by molar-refractivity contribution is -0.0508. The fraction of sp³-hybridized carbons (Fsp3) is 0.357. The Morgan fingerprint density at radius 2 is 2.19 bits per heavy atom. The van der Waals surface area contributed by atoms with Crippen LogP contribution in [0.2, 0.25) is 0 Å². The maximum Gasteiger partial charge on any atom is 0.164 e. The number of aliphatic hydroxyl groups excluding tert-OH is 3. The third-order valence-corrected chi connectivity index (χ3v) is 3.79. The van der Waals surface area contributed by atoms with Gasteiger partial charge in [0.05, 0.1) is 6.61 Å². The van der Waals surface area contributed by atoms with Crippen molar-refractivity contribution in [1.82, 2.24) is 9.55 Å². The van der Waals surface area contributed by atoms with Crippen LogP contribution in [0.5, 0.6) is 0 Å². The van der Waals surface area contributed by atoms with Crippen LogP contribution in [-0.4, -0.2) is 49.8 Å². The maximum absolute atomic E-state index is 10.1. The fourth-order valence-corrected chi connectivity index (χ4v) is 2.69. The van der Waals surface area contributed by atoms with Crippen LogP contribution in [-0.2, 0) is 4.74 Å². The predicted molar refractivity (Wildman–Crippen MR) is 77.2 cm³/mol. The van der Waals surface area contributed by atoms with Crippen LogP contribution in [0.4, 0.5) is 5.69 Å². The van der Waals surface area contributed by atoms with Crippen LogP contribution >= 0.6 is 0 Å². The SMILES string of the molecule is C=Cc1cn([C@@H]2O[C@H](CO)[C@@H](O)[C@H]2O)c2nccc(N)c12. The van der Waals surface area contributed by atoms with E-state index in [0.717, 1.165) is 5.56 Å². The molecule has 2 aromatic rings. The number of fused-ring (bicyclic) bond motifs is 1. The summed E-state index contributed by atoms with van der Waals surface area (Å²) in [6.07, 6.45) is 0.893. The van der Waals surface area contributed by atoms with Crippen molar-refractivity contribution in [2.24, 2.45) is 0 Å². The lowest BCUT2D eigenvalue weighted by Crippen LogP contribution is -2.33. The number of pyridine rings is 1. The molecule has 4 atom stereocenters. The Hall–Kier alpha value is -1.93. The average molecular weight is 291 g/mol. The van der Waals surface area contributed by atoms with E-state index in [0.29, 0.717) is 16.7 Å². The van der Waals surface area contributed by atoms with Crippen molar-refractivity contribution in [2.45, 2.75) is 24.5 Å². The summed E-state index contributed by atoms with van der Waals surface area (Å²) in [7, 11) is 0. The molecule has 112 valence electrons. The van der Waals surface area contributed by atoms with E-state index >= 15 is 0 Å². The molecule has 5 N–H and O–H groups in total. The number of nitrogens with two attached hydrogens (primary N) is 1. The van der Waals surface area contributed by atoms with Gasteiger partial charge in [-0.1, -0.05) is 12.7 Å². The molecule has 1 aliphatic heterocycles. The lowest BCUT2D eigenvalue weighted by atomic mass is 10.1. The summed E-state index contributed by atoms with van der Waals surface area (Å²) in [4.78, 5) is 4.27. The fourth-order valence-electron chi connectivity index (χ4n) is 2.69. The van der Waals surface area contributed by atoms with Crippen molar-refractivity contribution in [2.75, 3.05) is 12.3 Å². The molecule has 7 nitrogen and oxygen atoms in total. The van der Waals surface area contributed by atoms with E-state index in [1.807, 2.05) is 0 Å². The number of rotatable bonds is 3. The number of ether oxygens (including phenoxy) is 1. The Kier molecular flexibility index (Phi) is 3.42. The molecule has 0 aliphatic carbocycles. The molecule has 0 radical (unpaired) electrons. The number of nitrogen functional groups attached to an aromatic ring is 1. The van der Waals surface area contributed by atoms with E-state index in [-0.39, 0.29) is 6.61 Å². The second kappa shape index (κ2) is 5.12. The van der Waals surface area contributed by atoms with Gasteiger partial charge in [0, 0.05) is 29.0 Å². The minimum absolute atomic E-state index is 0.377. The number of hydrogen-bond acceptors (Lipinski definition) is 6. The molecule has 3 rings (SSSR count). The van der Waals surface area contributed by atoms with Crippen LogP contribution in [0.1, 0.15) is 11.8 Å². The van der Waals surface area contributed by atoms with Crippen LogP contribution < -0.4 is 5.73 Å². The van der Waals surface area contributed by atoms with E-state index in [9.17, 15) is 15.3 Å². The highest BCUT2D eigenvalue weighted by Crippen LogP contribution is 2.35. The first-order chi connectivity index (χ1) is 10.1. The van der Waals surface area contributed by atoms with Gasteiger partial charge >= 0.3 is 0 Å². The van der Waals surface area contributed by atoms with Gasteiger partial charge in [0.1, 0.15) is 24.0 Å². The first kappa shape index (κ1) is 14.0. The number of hydrogen-bond donors (Lipinski definition) is 4. The van der Waals surface area contributed by atoms with Crippen molar-refractivity contribution >= 4 is 22.8 Å². The normalized spacial score (nSPS) is 29.1. The van der Waals surface area contributed by atoms with Gasteiger partial charge in [0.2, 0.25) is 0 Å². The predicted octanol–water partition coefficient (Wildman–Crippen LogP) is -0.127. The van der Waals surface area contributed by atoms with E-state index in [4.69, 9.17) is 10.5 Å². The monoisotopic (exact) mass is 291 g/mol. The minimum Gasteiger partial charge on any atom is -0.398 e. The molecule has 0 saturated carbocycles. The lowest BCUT2D eigenvalue weighted by Gasteiger charge is -2.17. The number of aliphatic hydroxyl groups is 3. The summed E-state index contributed by atoms with van der Waals surface area (Å²) in [5.41, 5.74) is 7.79. The van der Waals surface area contributed by atoms with Gasteiger partial charge < -0.3 is 30.4 Å². The van der Waals surface area contributed by atoms with Gasteiger partial charge in [0.25, 0.3) is 0 Å². The summed E-state index contributed by atoms with van der Waals surface area (Å²) in [5.74, 6) is 0. The zero-order chi connectivity index (χ0) is 15.1. The van der Waals surface area contributed by atoms with Gasteiger partial charge in [-0.2, -0.15) is 0 Å². The largest absolute Gasteiger partial charge is 0.398 e. The smallest absolute Gasteiger partial charge is 0.164 e. The topological polar surface area (TPSA) is 114 Å². The Morgan fingerprint density at radius 1 is 1.43 bits per heavy atom. The van der Waals surface area contributed by atoms with E-state index in [1.54, 1.807) is 29.1 Å². The van der Waals surface area contributed by atoms with Gasteiger partial charge in [-0.15, -0.1) is 0 Å². The van der Waals surface area contributed by atoms with E-state index in [2.05, 4.69) is 11.6 Å². The number of anilines is 1. The highest BCUT2D eigenvalue weighted by molar-refractivity contribution is 5.96. The van der Waals surface area contributed by atoms with E-state index in [1.165, 1.54) is 0 Å². The molecule has 0 aromatic carbocycles. The molecular formula is C14H17N3O4.